The highest BCUT2D eigenvalue weighted by atomic mass is 79.9. The lowest BCUT2D eigenvalue weighted by atomic mass is 10.2. The van der Waals surface area contributed by atoms with Crippen LogP contribution in [0.3, 0.4) is 0 Å². The number of halogens is 4. The van der Waals surface area contributed by atoms with Gasteiger partial charge in [-0.05, 0) is 29.8 Å². The van der Waals surface area contributed by atoms with Crippen LogP contribution in [0, 0.1) is 0 Å². The van der Waals surface area contributed by atoms with Gasteiger partial charge in [0.25, 0.3) is 5.91 Å². The summed E-state index contributed by atoms with van der Waals surface area (Å²) in [5.74, 6) is -1.64. The van der Waals surface area contributed by atoms with E-state index in [1.807, 2.05) is 0 Å². The zero-order valence-electron chi connectivity index (χ0n) is 10.9. The van der Waals surface area contributed by atoms with Crippen molar-refractivity contribution in [3.8, 4) is 0 Å². The fraction of sp³-hybridized carbons (Fsp3) is 0.500. The second-order valence-electron chi connectivity index (χ2n) is 4.44. The zero-order chi connectivity index (χ0) is 16.6. The zero-order valence-corrected chi connectivity index (χ0v) is 13.3. The highest BCUT2D eigenvalue weighted by Gasteiger charge is 2.36. The Labute approximate surface area is 127 Å². The minimum atomic E-state index is -4.59. The Morgan fingerprint density at radius 1 is 1.48 bits per heavy atom. The molecule has 0 saturated heterocycles. The summed E-state index contributed by atoms with van der Waals surface area (Å²) in [4.78, 5) is 12.0. The van der Waals surface area contributed by atoms with Gasteiger partial charge in [0.2, 0.25) is 10.0 Å². The van der Waals surface area contributed by atoms with Crippen LogP contribution in [0.2, 0.25) is 0 Å². The van der Waals surface area contributed by atoms with E-state index in [1.54, 1.807) is 0 Å². The Hall–Kier alpha value is -1.07. The normalized spacial score (nSPS) is 12.8. The second kappa shape index (κ2) is 5.97. The molecule has 0 bridgehead atoms. The largest absolute Gasteiger partial charge is 0.443 e. The van der Waals surface area contributed by atoms with Crippen LogP contribution in [-0.2, 0) is 10.0 Å². The Morgan fingerprint density at radius 2 is 2.00 bits per heavy atom. The van der Waals surface area contributed by atoms with E-state index < -0.39 is 45.3 Å². The fourth-order valence-electron chi connectivity index (χ4n) is 1.48. The Bertz CT molecular complexity index is 639. The molecule has 0 aromatic carbocycles. The van der Waals surface area contributed by atoms with Gasteiger partial charge in [-0.1, -0.05) is 0 Å². The molecule has 2 N–H and O–H groups in total. The van der Waals surface area contributed by atoms with Crippen molar-refractivity contribution in [1.82, 2.24) is 4.90 Å². The average molecular weight is 393 g/mol. The van der Waals surface area contributed by atoms with Crippen molar-refractivity contribution in [2.45, 2.75) is 31.0 Å². The molecule has 1 rings (SSSR count). The van der Waals surface area contributed by atoms with Gasteiger partial charge < -0.3 is 9.32 Å². The number of rotatable bonds is 4. The van der Waals surface area contributed by atoms with Crippen LogP contribution < -0.4 is 5.14 Å². The third-order valence-electron chi connectivity index (χ3n) is 2.41. The number of furan rings is 1. The lowest BCUT2D eigenvalue weighted by molar-refractivity contribution is -0.143. The maximum Gasteiger partial charge on any atom is 0.406 e. The molecular formula is C10H12BrF3N2O4S. The van der Waals surface area contributed by atoms with Crippen LogP contribution in [0.1, 0.15) is 24.4 Å². The van der Waals surface area contributed by atoms with E-state index in [9.17, 15) is 26.4 Å². The molecule has 0 unspecified atom stereocenters. The van der Waals surface area contributed by atoms with Crippen molar-refractivity contribution < 1.29 is 30.8 Å². The van der Waals surface area contributed by atoms with Crippen LogP contribution in [0.25, 0.3) is 0 Å². The molecule has 1 aromatic rings. The lowest BCUT2D eigenvalue weighted by Crippen LogP contribution is -2.43. The summed E-state index contributed by atoms with van der Waals surface area (Å²) in [5.41, 5.74) is 0. The third kappa shape index (κ3) is 4.71. The van der Waals surface area contributed by atoms with Crippen LogP contribution in [-0.4, -0.2) is 38.0 Å². The van der Waals surface area contributed by atoms with Crippen molar-refractivity contribution in [3.63, 3.8) is 0 Å². The summed E-state index contributed by atoms with van der Waals surface area (Å²) < 4.78 is 64.3. The summed E-state index contributed by atoms with van der Waals surface area (Å²) in [7, 11) is -4.16. The van der Waals surface area contributed by atoms with E-state index in [4.69, 9.17) is 9.56 Å². The molecule has 0 spiro atoms. The Morgan fingerprint density at radius 3 is 2.33 bits per heavy atom. The van der Waals surface area contributed by atoms with Crippen molar-refractivity contribution in [1.29, 1.82) is 0 Å². The molecule has 0 radical (unpaired) electrons. The molecule has 1 amide bonds. The van der Waals surface area contributed by atoms with Gasteiger partial charge in [-0.25, -0.2) is 13.6 Å². The van der Waals surface area contributed by atoms with E-state index in [0.29, 0.717) is 4.90 Å². The molecule has 0 atom stereocenters. The maximum absolute atomic E-state index is 12.5. The highest BCUT2D eigenvalue weighted by molar-refractivity contribution is 9.10. The fourth-order valence-corrected chi connectivity index (χ4v) is 2.98. The van der Waals surface area contributed by atoms with E-state index in [0.717, 1.165) is 6.07 Å². The lowest BCUT2D eigenvalue weighted by Gasteiger charge is -2.26. The van der Waals surface area contributed by atoms with Gasteiger partial charge in [-0.15, -0.1) is 0 Å². The van der Waals surface area contributed by atoms with Crippen molar-refractivity contribution in [2.75, 3.05) is 6.54 Å². The molecule has 1 heterocycles. The molecule has 0 aliphatic rings. The first kappa shape index (κ1) is 18.0. The SMILES string of the molecule is CC(C)N(CC(F)(F)F)C(=O)c1cc(S(N)(=O)=O)c(Br)o1. The standard InChI is InChI=1S/C10H12BrF3N2O4S/c1-5(2)16(4-10(12,13)14)9(17)6-3-7(8(11)20-6)21(15,18)19/h3,5H,4H2,1-2H3,(H2,15,18,19). The number of hydrogen-bond donors (Lipinski definition) is 1. The average Bonchev–Trinajstić information content (AvgIpc) is 2.65. The number of primary sulfonamides is 1. The smallest absolute Gasteiger partial charge is 0.406 e. The van der Waals surface area contributed by atoms with Gasteiger partial charge in [-0.3, -0.25) is 4.79 Å². The molecule has 120 valence electrons. The Kier molecular flexibility index (Phi) is 5.11. The molecule has 21 heavy (non-hydrogen) atoms. The summed E-state index contributed by atoms with van der Waals surface area (Å²) in [6, 6.07) is 0.0222. The van der Waals surface area contributed by atoms with Crippen LogP contribution in [0.5, 0.6) is 0 Å². The number of carbonyl (C=O) groups excluding carboxylic acids is 1. The van der Waals surface area contributed by atoms with E-state index >= 15 is 0 Å². The minimum absolute atomic E-state index is 0.343. The number of amides is 1. The number of sulfonamides is 1. The van der Waals surface area contributed by atoms with Crippen LogP contribution in [0.15, 0.2) is 20.0 Å². The van der Waals surface area contributed by atoms with Crippen LogP contribution >= 0.6 is 15.9 Å². The molecule has 11 heteroatoms. The maximum atomic E-state index is 12.5. The molecule has 0 saturated carbocycles. The summed E-state index contributed by atoms with van der Waals surface area (Å²) in [6.45, 7) is 1.30. The van der Waals surface area contributed by atoms with Gasteiger partial charge in [0.05, 0.1) is 0 Å². The molecule has 1 aromatic heterocycles. The Balaban J connectivity index is 3.17. The second-order valence-corrected chi connectivity index (χ2v) is 6.69. The highest BCUT2D eigenvalue weighted by Crippen LogP contribution is 2.27. The van der Waals surface area contributed by atoms with Crippen molar-refractivity contribution in [2.24, 2.45) is 5.14 Å². The van der Waals surface area contributed by atoms with Crippen LogP contribution in [0.4, 0.5) is 13.2 Å². The van der Waals surface area contributed by atoms with Crippen molar-refractivity contribution in [3.05, 3.63) is 16.5 Å². The first-order valence-corrected chi connectivity index (χ1v) is 7.86. The van der Waals surface area contributed by atoms with E-state index in [2.05, 4.69) is 15.9 Å². The number of hydrogen-bond acceptors (Lipinski definition) is 4. The first-order chi connectivity index (χ1) is 9.33. The quantitative estimate of drug-likeness (QED) is 0.848. The van der Waals surface area contributed by atoms with Gasteiger partial charge in [0.1, 0.15) is 11.4 Å². The molecule has 6 nitrogen and oxygen atoms in total. The number of nitrogens with two attached hydrogens (primary N) is 1. The topological polar surface area (TPSA) is 93.6 Å². The molecular weight excluding hydrogens is 381 g/mol. The summed E-state index contributed by atoms with van der Waals surface area (Å²) in [6.07, 6.45) is -4.59. The van der Waals surface area contributed by atoms with E-state index in [-0.39, 0.29) is 4.67 Å². The van der Waals surface area contributed by atoms with Gasteiger partial charge >= 0.3 is 6.18 Å². The molecule has 0 aliphatic carbocycles. The number of alkyl halides is 3. The molecule has 0 fully saturated rings. The number of nitrogens with zero attached hydrogens (tertiary/aromatic N) is 1. The summed E-state index contributed by atoms with van der Waals surface area (Å²) >= 11 is 2.75. The van der Waals surface area contributed by atoms with Gasteiger partial charge in [0.15, 0.2) is 10.4 Å². The van der Waals surface area contributed by atoms with Gasteiger partial charge in [0, 0.05) is 12.1 Å². The predicted octanol–water partition coefficient (Wildman–Crippen LogP) is 2.10. The first-order valence-electron chi connectivity index (χ1n) is 5.53. The predicted molar refractivity (Wildman–Crippen MR) is 70.0 cm³/mol. The van der Waals surface area contributed by atoms with E-state index in [1.165, 1.54) is 13.8 Å². The summed E-state index contributed by atoms with van der Waals surface area (Å²) in [5, 5.41) is 4.89. The minimum Gasteiger partial charge on any atom is -0.443 e. The third-order valence-corrected chi connectivity index (χ3v) is 4.17. The van der Waals surface area contributed by atoms with Gasteiger partial charge in [-0.2, -0.15) is 13.2 Å². The molecule has 0 aliphatic heterocycles. The monoisotopic (exact) mass is 392 g/mol. The number of carbonyl (C=O) groups is 1. The van der Waals surface area contributed by atoms with Crippen molar-refractivity contribution >= 4 is 31.9 Å².